The van der Waals surface area contributed by atoms with Crippen molar-refractivity contribution < 1.29 is 8.78 Å². The molecule has 0 spiro atoms. The number of halogens is 4. The number of nitrogens with zero attached hydrogens (tertiary/aromatic N) is 3. The van der Waals surface area contributed by atoms with Gasteiger partial charge in [-0.1, -0.05) is 11.6 Å². The summed E-state index contributed by atoms with van der Waals surface area (Å²) in [7, 11) is 0. The van der Waals surface area contributed by atoms with Gasteiger partial charge < -0.3 is 0 Å². The average Bonchev–Trinajstić information content (AvgIpc) is 2.64. The van der Waals surface area contributed by atoms with Gasteiger partial charge in [0.15, 0.2) is 5.65 Å². The van der Waals surface area contributed by atoms with Crippen LogP contribution in [0.2, 0.25) is 5.15 Å². The number of aryl methyl sites for hydroxylation is 1. The Morgan fingerprint density at radius 3 is 2.45 bits per heavy atom. The van der Waals surface area contributed by atoms with Crippen molar-refractivity contribution in [2.24, 2.45) is 0 Å². The van der Waals surface area contributed by atoms with Crippen LogP contribution in [0.15, 0.2) is 24.3 Å². The van der Waals surface area contributed by atoms with Gasteiger partial charge in [0.05, 0.1) is 15.0 Å². The monoisotopic (exact) mass is 405 g/mol. The molecule has 0 aliphatic carbocycles. The Labute approximate surface area is 131 Å². The maximum atomic E-state index is 13.4. The lowest BCUT2D eigenvalue weighted by Crippen LogP contribution is -1.98. The van der Waals surface area contributed by atoms with Gasteiger partial charge >= 0.3 is 0 Å². The lowest BCUT2D eigenvalue weighted by atomic mass is 10.1. The highest BCUT2D eigenvalue weighted by molar-refractivity contribution is 14.1. The maximum Gasteiger partial charge on any atom is 0.170 e. The number of aromatic nitrogens is 3. The summed E-state index contributed by atoms with van der Waals surface area (Å²) in [5.41, 5.74) is 2.19. The van der Waals surface area contributed by atoms with Crippen LogP contribution in [0.5, 0.6) is 0 Å². The molecule has 2 aromatic heterocycles. The van der Waals surface area contributed by atoms with Crippen LogP contribution in [0.25, 0.3) is 16.9 Å². The smallest absolute Gasteiger partial charge is 0.170 e. The van der Waals surface area contributed by atoms with E-state index in [0.717, 1.165) is 15.3 Å². The van der Waals surface area contributed by atoms with Crippen molar-refractivity contribution >= 4 is 39.8 Å². The lowest BCUT2D eigenvalue weighted by molar-refractivity contribution is 0.584. The third-order valence-electron chi connectivity index (χ3n) is 2.82. The van der Waals surface area contributed by atoms with Crippen molar-refractivity contribution in [2.45, 2.75) is 6.92 Å². The molecule has 20 heavy (non-hydrogen) atoms. The molecule has 7 heteroatoms. The Balaban J connectivity index is 2.38. The van der Waals surface area contributed by atoms with Gasteiger partial charge in [-0.3, -0.25) is 0 Å². The van der Waals surface area contributed by atoms with Crippen LogP contribution in [0.1, 0.15) is 5.69 Å². The van der Waals surface area contributed by atoms with E-state index in [1.165, 1.54) is 22.7 Å². The van der Waals surface area contributed by atoms with E-state index < -0.39 is 11.6 Å². The first-order chi connectivity index (χ1) is 9.45. The lowest BCUT2D eigenvalue weighted by Gasteiger charge is -2.06. The largest absolute Gasteiger partial charge is 0.216 e. The Hall–Kier alpha value is -1.28. The average molecular weight is 406 g/mol. The summed E-state index contributed by atoms with van der Waals surface area (Å²) in [6.45, 7) is 1.83. The number of benzene rings is 1. The van der Waals surface area contributed by atoms with Crippen LogP contribution in [-0.4, -0.2) is 14.6 Å². The van der Waals surface area contributed by atoms with Crippen LogP contribution in [0, 0.1) is 22.1 Å². The van der Waals surface area contributed by atoms with Crippen molar-refractivity contribution in [3.05, 3.63) is 50.3 Å². The Morgan fingerprint density at radius 2 is 1.80 bits per heavy atom. The Morgan fingerprint density at radius 1 is 1.15 bits per heavy atom. The van der Waals surface area contributed by atoms with E-state index in [9.17, 15) is 8.78 Å². The van der Waals surface area contributed by atoms with E-state index >= 15 is 0 Å². The third-order valence-corrected chi connectivity index (χ3v) is 4.28. The van der Waals surface area contributed by atoms with Crippen molar-refractivity contribution in [3.8, 4) is 11.3 Å². The van der Waals surface area contributed by atoms with Crippen LogP contribution < -0.4 is 0 Å². The predicted octanol–water partition coefficient (Wildman–Crippen LogP) is 4.24. The van der Waals surface area contributed by atoms with Gasteiger partial charge in [0.2, 0.25) is 0 Å². The van der Waals surface area contributed by atoms with E-state index in [-0.39, 0.29) is 5.15 Å². The van der Waals surface area contributed by atoms with Gasteiger partial charge in [0.25, 0.3) is 0 Å². The third kappa shape index (κ3) is 2.26. The summed E-state index contributed by atoms with van der Waals surface area (Å²) in [5.74, 6) is -1.31. The molecule has 2 heterocycles. The standard InChI is InChI=1S/C13H7ClF2IN3/c1-6-12(17)13-18-11(14)5-10(20(13)19-6)7-2-8(15)4-9(16)3-7/h2-5H,1H3. The first kappa shape index (κ1) is 13.7. The molecule has 0 aliphatic heterocycles. The van der Waals surface area contributed by atoms with E-state index in [1.807, 2.05) is 6.92 Å². The zero-order valence-corrected chi connectivity index (χ0v) is 13.1. The summed E-state index contributed by atoms with van der Waals surface area (Å²) in [6, 6.07) is 4.82. The van der Waals surface area contributed by atoms with E-state index in [4.69, 9.17) is 11.6 Å². The second kappa shape index (κ2) is 4.92. The van der Waals surface area contributed by atoms with E-state index in [2.05, 4.69) is 32.7 Å². The number of fused-ring (bicyclic) bond motifs is 1. The van der Waals surface area contributed by atoms with Crippen LogP contribution in [-0.2, 0) is 0 Å². The molecule has 0 saturated carbocycles. The molecule has 0 atom stereocenters. The molecule has 3 rings (SSSR count). The van der Waals surface area contributed by atoms with Crippen molar-refractivity contribution in [1.82, 2.24) is 14.6 Å². The highest BCUT2D eigenvalue weighted by atomic mass is 127. The summed E-state index contributed by atoms with van der Waals surface area (Å²) in [4.78, 5) is 4.20. The summed E-state index contributed by atoms with van der Waals surface area (Å²) < 4.78 is 29.1. The first-order valence-corrected chi connectivity index (χ1v) is 7.09. The van der Waals surface area contributed by atoms with Gasteiger partial charge in [-0.05, 0) is 41.6 Å². The van der Waals surface area contributed by atoms with Gasteiger partial charge in [0.1, 0.15) is 16.8 Å². The molecule has 0 unspecified atom stereocenters. The number of hydrogen-bond acceptors (Lipinski definition) is 2. The van der Waals surface area contributed by atoms with Crippen molar-refractivity contribution in [1.29, 1.82) is 0 Å². The number of rotatable bonds is 1. The van der Waals surface area contributed by atoms with Crippen LogP contribution in [0.3, 0.4) is 0 Å². The van der Waals surface area contributed by atoms with Crippen molar-refractivity contribution in [2.75, 3.05) is 0 Å². The molecule has 1 aromatic carbocycles. The van der Waals surface area contributed by atoms with Gasteiger partial charge in [-0.2, -0.15) is 5.10 Å². The fraction of sp³-hybridized carbons (Fsp3) is 0.0769. The highest BCUT2D eigenvalue weighted by Crippen LogP contribution is 2.27. The molecule has 0 saturated heterocycles. The Bertz CT molecular complexity index is 812. The predicted molar refractivity (Wildman–Crippen MR) is 80.8 cm³/mol. The molecule has 3 aromatic rings. The Kier molecular flexibility index (Phi) is 3.37. The molecule has 0 radical (unpaired) electrons. The molecule has 0 fully saturated rings. The normalized spacial score (nSPS) is 11.2. The summed E-state index contributed by atoms with van der Waals surface area (Å²) in [5, 5.41) is 4.58. The first-order valence-electron chi connectivity index (χ1n) is 5.63. The minimum atomic E-state index is -0.653. The van der Waals surface area contributed by atoms with E-state index in [0.29, 0.717) is 16.9 Å². The van der Waals surface area contributed by atoms with E-state index in [1.54, 1.807) is 0 Å². The quantitative estimate of drug-likeness (QED) is 0.448. The second-order valence-electron chi connectivity index (χ2n) is 4.26. The van der Waals surface area contributed by atoms with Gasteiger partial charge in [-0.25, -0.2) is 18.3 Å². The van der Waals surface area contributed by atoms with Crippen LogP contribution in [0.4, 0.5) is 8.78 Å². The minimum Gasteiger partial charge on any atom is -0.216 e. The van der Waals surface area contributed by atoms with Crippen molar-refractivity contribution in [3.63, 3.8) is 0 Å². The SMILES string of the molecule is Cc1nn2c(-c3cc(F)cc(F)c3)cc(Cl)nc2c1I. The fourth-order valence-corrected chi connectivity index (χ4v) is 2.62. The molecule has 0 bridgehead atoms. The fourth-order valence-electron chi connectivity index (χ4n) is 1.98. The molecular formula is C13H7ClF2IN3. The molecule has 0 amide bonds. The minimum absolute atomic E-state index is 0.245. The molecular weight excluding hydrogens is 399 g/mol. The molecule has 0 N–H and O–H groups in total. The summed E-state index contributed by atoms with van der Waals surface area (Å²) >= 11 is 8.10. The van der Waals surface area contributed by atoms with Gasteiger partial charge in [0, 0.05) is 17.7 Å². The van der Waals surface area contributed by atoms with Gasteiger partial charge in [-0.15, -0.1) is 0 Å². The molecule has 0 aliphatic rings. The zero-order valence-electron chi connectivity index (χ0n) is 10.2. The zero-order chi connectivity index (χ0) is 14.4. The maximum absolute atomic E-state index is 13.4. The van der Waals surface area contributed by atoms with Crippen LogP contribution >= 0.6 is 34.2 Å². The highest BCUT2D eigenvalue weighted by Gasteiger charge is 2.15. The number of hydrogen-bond donors (Lipinski definition) is 0. The summed E-state index contributed by atoms with van der Waals surface area (Å²) in [6.07, 6.45) is 0. The molecule has 102 valence electrons. The topological polar surface area (TPSA) is 30.2 Å². The molecule has 3 nitrogen and oxygen atoms in total. The second-order valence-corrected chi connectivity index (χ2v) is 5.72.